The molecule has 1 aliphatic heterocycles. The van der Waals surface area contributed by atoms with Gasteiger partial charge in [-0.2, -0.15) is 5.10 Å². The Morgan fingerprint density at radius 3 is 2.71 bits per heavy atom. The summed E-state index contributed by atoms with van der Waals surface area (Å²) < 4.78 is 7.36. The molecular formula is C24H22N4O3. The second-order valence-electron chi connectivity index (χ2n) is 8.14. The highest BCUT2D eigenvalue weighted by Crippen LogP contribution is 2.31. The topological polar surface area (TPSA) is 88.8 Å². The van der Waals surface area contributed by atoms with Crippen molar-refractivity contribution in [2.45, 2.75) is 25.9 Å². The van der Waals surface area contributed by atoms with Crippen LogP contribution in [0.1, 0.15) is 35.3 Å². The van der Waals surface area contributed by atoms with Gasteiger partial charge >= 0.3 is 0 Å². The molecule has 0 bridgehead atoms. The van der Waals surface area contributed by atoms with E-state index in [4.69, 9.17) is 4.74 Å². The molecule has 2 aromatic heterocycles. The molecule has 3 heterocycles. The molecule has 31 heavy (non-hydrogen) atoms. The van der Waals surface area contributed by atoms with Gasteiger partial charge in [0.05, 0.1) is 24.1 Å². The summed E-state index contributed by atoms with van der Waals surface area (Å²) in [5.74, 6) is 1.08. The minimum Gasteiger partial charge on any atom is -0.493 e. The summed E-state index contributed by atoms with van der Waals surface area (Å²) in [6.07, 6.45) is 2.56. The van der Waals surface area contributed by atoms with E-state index in [1.807, 2.05) is 18.2 Å². The fourth-order valence-corrected chi connectivity index (χ4v) is 3.75. The molecule has 0 fully saturated rings. The first-order valence-corrected chi connectivity index (χ1v) is 10.1. The average Bonchev–Trinajstić information content (AvgIpc) is 3.41. The lowest BCUT2D eigenvalue weighted by molar-refractivity contribution is 0.0785. The van der Waals surface area contributed by atoms with Crippen molar-refractivity contribution in [3.8, 4) is 17.0 Å². The second-order valence-corrected chi connectivity index (χ2v) is 8.14. The summed E-state index contributed by atoms with van der Waals surface area (Å²) >= 11 is 0. The molecule has 0 saturated carbocycles. The highest BCUT2D eigenvalue weighted by Gasteiger charge is 2.18. The van der Waals surface area contributed by atoms with Crippen LogP contribution >= 0.6 is 0 Å². The number of anilines is 1. The van der Waals surface area contributed by atoms with E-state index in [1.54, 1.807) is 54.9 Å². The molecule has 0 unspecified atom stereocenters. The van der Waals surface area contributed by atoms with Crippen LogP contribution in [0.25, 0.3) is 16.9 Å². The highest BCUT2D eigenvalue weighted by molar-refractivity contribution is 6.04. The lowest BCUT2D eigenvalue weighted by Crippen LogP contribution is -2.17. The number of hydrogen-bond donors (Lipinski definition) is 2. The Balaban J connectivity index is 1.48. The van der Waals surface area contributed by atoms with Gasteiger partial charge in [-0.1, -0.05) is 12.1 Å². The Bertz CT molecular complexity index is 1290. The Labute approximate surface area is 179 Å². The van der Waals surface area contributed by atoms with Gasteiger partial charge in [-0.25, -0.2) is 9.50 Å². The van der Waals surface area contributed by atoms with Gasteiger partial charge < -0.3 is 15.2 Å². The third-order valence-electron chi connectivity index (χ3n) is 5.44. The maximum atomic E-state index is 12.8. The monoisotopic (exact) mass is 414 g/mol. The van der Waals surface area contributed by atoms with Crippen LogP contribution in [0.3, 0.4) is 0 Å². The SMILES string of the molecule is CC(C)(O)c1ccc(C(=O)Nc2cc(-c3ccc4c(c3)CCO4)n3nccc3n2)cc1. The molecule has 0 saturated heterocycles. The van der Waals surface area contributed by atoms with Crippen LogP contribution in [-0.4, -0.2) is 32.2 Å². The zero-order valence-corrected chi connectivity index (χ0v) is 17.3. The van der Waals surface area contributed by atoms with E-state index in [1.165, 1.54) is 0 Å². The quantitative estimate of drug-likeness (QED) is 0.530. The first-order chi connectivity index (χ1) is 14.9. The lowest BCUT2D eigenvalue weighted by Gasteiger charge is -2.17. The van der Waals surface area contributed by atoms with Crippen molar-refractivity contribution in [3.05, 3.63) is 77.5 Å². The average molecular weight is 414 g/mol. The van der Waals surface area contributed by atoms with Crippen molar-refractivity contribution < 1.29 is 14.6 Å². The number of carbonyl (C=O) groups is 1. The second kappa shape index (κ2) is 7.21. The molecular weight excluding hydrogens is 392 g/mol. The minimum absolute atomic E-state index is 0.271. The lowest BCUT2D eigenvalue weighted by atomic mass is 9.97. The zero-order chi connectivity index (χ0) is 21.6. The summed E-state index contributed by atoms with van der Waals surface area (Å²) in [7, 11) is 0. The number of rotatable bonds is 4. The molecule has 0 aliphatic carbocycles. The van der Waals surface area contributed by atoms with Gasteiger partial charge in [0.2, 0.25) is 0 Å². The molecule has 5 rings (SSSR count). The van der Waals surface area contributed by atoms with Crippen LogP contribution in [0, 0.1) is 0 Å². The van der Waals surface area contributed by atoms with Crippen LogP contribution in [-0.2, 0) is 12.0 Å². The van der Waals surface area contributed by atoms with E-state index in [-0.39, 0.29) is 5.91 Å². The maximum absolute atomic E-state index is 12.8. The Morgan fingerprint density at radius 1 is 1.13 bits per heavy atom. The molecule has 2 aromatic carbocycles. The molecule has 7 nitrogen and oxygen atoms in total. The maximum Gasteiger partial charge on any atom is 0.256 e. The number of fused-ring (bicyclic) bond motifs is 2. The van der Waals surface area contributed by atoms with Crippen LogP contribution < -0.4 is 10.1 Å². The van der Waals surface area contributed by atoms with Crippen LogP contribution in [0.4, 0.5) is 5.82 Å². The molecule has 0 radical (unpaired) electrons. The first-order valence-electron chi connectivity index (χ1n) is 10.1. The Kier molecular flexibility index (Phi) is 4.48. The number of amides is 1. The fraction of sp³-hybridized carbons (Fsp3) is 0.208. The standard InChI is InChI=1S/C24H22N4O3/c1-24(2,30)18-6-3-15(4-7-18)23(29)27-21-14-19(28-22(26-21)9-11-25-28)16-5-8-20-17(13-16)10-12-31-20/h3-9,11,13-14,30H,10,12H2,1-2H3,(H,26,27,29). The minimum atomic E-state index is -0.959. The van der Waals surface area contributed by atoms with Crippen LogP contribution in [0.15, 0.2) is 60.8 Å². The van der Waals surface area contributed by atoms with Crippen molar-refractivity contribution in [2.24, 2.45) is 0 Å². The number of aromatic nitrogens is 3. The Hall–Kier alpha value is -3.71. The smallest absolute Gasteiger partial charge is 0.256 e. The number of hydrogen-bond acceptors (Lipinski definition) is 5. The third-order valence-corrected chi connectivity index (χ3v) is 5.44. The van der Waals surface area contributed by atoms with Gasteiger partial charge in [-0.3, -0.25) is 4.79 Å². The van der Waals surface area contributed by atoms with Gasteiger partial charge in [-0.05, 0) is 55.3 Å². The summed E-state index contributed by atoms with van der Waals surface area (Å²) in [5, 5.41) is 17.4. The first kappa shape index (κ1) is 19.3. The number of benzene rings is 2. The summed E-state index contributed by atoms with van der Waals surface area (Å²) in [6.45, 7) is 4.11. The van der Waals surface area contributed by atoms with E-state index in [0.29, 0.717) is 23.6 Å². The molecule has 7 heteroatoms. The van der Waals surface area contributed by atoms with Crippen LogP contribution in [0.2, 0.25) is 0 Å². The van der Waals surface area contributed by atoms with Gasteiger partial charge in [0.15, 0.2) is 5.65 Å². The van der Waals surface area contributed by atoms with E-state index in [9.17, 15) is 9.90 Å². The molecule has 4 aromatic rings. The van der Waals surface area contributed by atoms with Gasteiger partial charge in [-0.15, -0.1) is 0 Å². The van der Waals surface area contributed by atoms with Crippen LogP contribution in [0.5, 0.6) is 5.75 Å². The van der Waals surface area contributed by atoms with Gasteiger partial charge in [0.1, 0.15) is 11.6 Å². The largest absolute Gasteiger partial charge is 0.493 e. The molecule has 2 N–H and O–H groups in total. The number of ether oxygens (including phenoxy) is 1. The molecule has 0 atom stereocenters. The van der Waals surface area contributed by atoms with Crippen molar-refractivity contribution in [1.29, 1.82) is 0 Å². The predicted octanol–water partition coefficient (Wildman–Crippen LogP) is 3.81. The van der Waals surface area contributed by atoms with E-state index in [0.717, 1.165) is 34.6 Å². The van der Waals surface area contributed by atoms with E-state index in [2.05, 4.69) is 21.5 Å². The zero-order valence-electron chi connectivity index (χ0n) is 17.3. The van der Waals surface area contributed by atoms with Crippen molar-refractivity contribution in [1.82, 2.24) is 14.6 Å². The number of carbonyl (C=O) groups excluding carboxylic acids is 1. The van der Waals surface area contributed by atoms with E-state index < -0.39 is 5.60 Å². The highest BCUT2D eigenvalue weighted by atomic mass is 16.5. The Morgan fingerprint density at radius 2 is 1.94 bits per heavy atom. The summed E-state index contributed by atoms with van der Waals surface area (Å²) in [6, 6.07) is 16.6. The predicted molar refractivity (Wildman–Crippen MR) is 117 cm³/mol. The molecule has 156 valence electrons. The molecule has 0 spiro atoms. The van der Waals surface area contributed by atoms with Gasteiger partial charge in [0.25, 0.3) is 5.91 Å². The molecule has 1 aliphatic rings. The number of nitrogens with zero attached hydrogens (tertiary/aromatic N) is 3. The fourth-order valence-electron chi connectivity index (χ4n) is 3.75. The normalized spacial score (nSPS) is 13.1. The molecule has 1 amide bonds. The van der Waals surface area contributed by atoms with E-state index >= 15 is 0 Å². The van der Waals surface area contributed by atoms with Crippen molar-refractivity contribution in [3.63, 3.8) is 0 Å². The third kappa shape index (κ3) is 3.64. The van der Waals surface area contributed by atoms with Crippen molar-refractivity contribution >= 4 is 17.4 Å². The summed E-state index contributed by atoms with van der Waals surface area (Å²) in [4.78, 5) is 17.3. The summed E-state index contributed by atoms with van der Waals surface area (Å²) in [5.41, 5.74) is 3.88. The van der Waals surface area contributed by atoms with Gasteiger partial charge in [0, 0.05) is 29.7 Å². The number of aliphatic hydroxyl groups is 1. The number of nitrogens with one attached hydrogen (secondary N) is 1. The van der Waals surface area contributed by atoms with Crippen molar-refractivity contribution in [2.75, 3.05) is 11.9 Å².